The average Bonchev–Trinajstić information content (AvgIpc) is 2.97. The van der Waals surface area contributed by atoms with Crippen LogP contribution < -0.4 is 4.90 Å². The third-order valence-corrected chi connectivity index (χ3v) is 4.45. The molecule has 3 heterocycles. The Morgan fingerprint density at radius 1 is 1.31 bits per heavy atom. The maximum atomic E-state index is 12.6. The standard InChI is InChI=1S/C18H25N5O3/c1-5-26-18(25)14-8-19-17-13(9-20-21(17)4)16(14)23-7-6-22(10-12(2)3)15(24)11-23/h8-9,12H,5-7,10-11H2,1-4H3. The molecule has 0 N–H and O–H groups in total. The molecule has 8 heteroatoms. The second kappa shape index (κ2) is 7.31. The molecule has 0 radical (unpaired) electrons. The van der Waals surface area contributed by atoms with Gasteiger partial charge in [0.05, 0.1) is 30.4 Å². The van der Waals surface area contributed by atoms with Crippen molar-refractivity contribution in [1.82, 2.24) is 19.7 Å². The zero-order chi connectivity index (χ0) is 18.8. The van der Waals surface area contributed by atoms with Gasteiger partial charge in [0.25, 0.3) is 0 Å². The molecule has 0 atom stereocenters. The number of aryl methyl sites for hydroxylation is 1. The highest BCUT2D eigenvalue weighted by atomic mass is 16.5. The number of hydrogen-bond acceptors (Lipinski definition) is 6. The molecule has 26 heavy (non-hydrogen) atoms. The summed E-state index contributed by atoms with van der Waals surface area (Å²) in [4.78, 5) is 33.2. The minimum absolute atomic E-state index is 0.0635. The van der Waals surface area contributed by atoms with Gasteiger partial charge in [0.15, 0.2) is 5.65 Å². The quantitative estimate of drug-likeness (QED) is 0.752. The minimum atomic E-state index is -0.433. The van der Waals surface area contributed by atoms with Crippen molar-refractivity contribution >= 4 is 28.6 Å². The maximum absolute atomic E-state index is 12.6. The van der Waals surface area contributed by atoms with Gasteiger partial charge in [-0.25, -0.2) is 9.78 Å². The molecular formula is C18H25N5O3. The number of carbonyl (C=O) groups is 2. The van der Waals surface area contributed by atoms with Gasteiger partial charge in [-0.3, -0.25) is 9.48 Å². The van der Waals surface area contributed by atoms with Crippen molar-refractivity contribution in [3.05, 3.63) is 18.0 Å². The molecule has 0 unspecified atom stereocenters. The van der Waals surface area contributed by atoms with Gasteiger partial charge in [0.1, 0.15) is 5.56 Å². The Kier molecular flexibility index (Phi) is 5.11. The number of amides is 1. The van der Waals surface area contributed by atoms with Crippen LogP contribution in [0.1, 0.15) is 31.1 Å². The molecule has 1 amide bonds. The topological polar surface area (TPSA) is 80.6 Å². The lowest BCUT2D eigenvalue weighted by Crippen LogP contribution is -2.51. The van der Waals surface area contributed by atoms with Gasteiger partial charge in [-0.1, -0.05) is 13.8 Å². The Morgan fingerprint density at radius 2 is 2.08 bits per heavy atom. The molecule has 0 aliphatic carbocycles. The number of nitrogens with zero attached hydrogens (tertiary/aromatic N) is 5. The van der Waals surface area contributed by atoms with Crippen LogP contribution in [0.2, 0.25) is 0 Å². The molecule has 1 saturated heterocycles. The van der Waals surface area contributed by atoms with Gasteiger partial charge in [-0.15, -0.1) is 0 Å². The highest BCUT2D eigenvalue weighted by molar-refractivity contribution is 6.05. The number of carbonyl (C=O) groups excluding carboxylic acids is 2. The van der Waals surface area contributed by atoms with Crippen molar-refractivity contribution in [2.24, 2.45) is 13.0 Å². The van der Waals surface area contributed by atoms with Crippen molar-refractivity contribution in [2.45, 2.75) is 20.8 Å². The maximum Gasteiger partial charge on any atom is 0.341 e. The summed E-state index contributed by atoms with van der Waals surface area (Å²) in [6, 6.07) is 0. The zero-order valence-corrected chi connectivity index (χ0v) is 15.7. The van der Waals surface area contributed by atoms with E-state index in [1.165, 1.54) is 6.20 Å². The Bertz CT molecular complexity index is 830. The van der Waals surface area contributed by atoms with Crippen LogP contribution in [-0.2, 0) is 16.6 Å². The van der Waals surface area contributed by atoms with Crippen LogP contribution in [0.4, 0.5) is 5.69 Å². The number of fused-ring (bicyclic) bond motifs is 1. The molecule has 2 aromatic rings. The first-order valence-corrected chi connectivity index (χ1v) is 8.92. The number of anilines is 1. The van der Waals surface area contributed by atoms with Crippen LogP contribution >= 0.6 is 0 Å². The number of esters is 1. The summed E-state index contributed by atoms with van der Waals surface area (Å²) < 4.78 is 6.84. The molecule has 0 saturated carbocycles. The SMILES string of the molecule is CCOC(=O)c1cnc2c(cnn2C)c1N1CCN(CC(C)C)C(=O)C1. The van der Waals surface area contributed by atoms with Crippen molar-refractivity contribution in [3.8, 4) is 0 Å². The summed E-state index contributed by atoms with van der Waals surface area (Å²) in [5.41, 5.74) is 1.72. The molecule has 1 aliphatic heterocycles. The van der Waals surface area contributed by atoms with E-state index in [9.17, 15) is 9.59 Å². The predicted octanol–water partition coefficient (Wildman–Crippen LogP) is 1.45. The number of piperazine rings is 1. The molecule has 0 spiro atoms. The summed E-state index contributed by atoms with van der Waals surface area (Å²) in [6.07, 6.45) is 3.20. The van der Waals surface area contributed by atoms with Crippen LogP contribution in [0, 0.1) is 5.92 Å². The molecule has 3 rings (SSSR count). The summed E-state index contributed by atoms with van der Waals surface area (Å²) in [7, 11) is 1.80. The highest BCUT2D eigenvalue weighted by Gasteiger charge is 2.29. The number of hydrogen-bond donors (Lipinski definition) is 0. The predicted molar refractivity (Wildman–Crippen MR) is 98.1 cm³/mol. The van der Waals surface area contributed by atoms with E-state index in [0.717, 1.165) is 11.9 Å². The fourth-order valence-electron chi connectivity index (χ4n) is 3.32. The second-order valence-electron chi connectivity index (χ2n) is 6.90. The zero-order valence-electron chi connectivity index (χ0n) is 15.7. The summed E-state index contributed by atoms with van der Waals surface area (Å²) in [6.45, 7) is 8.50. The lowest BCUT2D eigenvalue weighted by molar-refractivity contribution is -0.131. The normalized spacial score (nSPS) is 15.2. The third-order valence-electron chi connectivity index (χ3n) is 4.45. The molecule has 0 aromatic carbocycles. The first-order valence-electron chi connectivity index (χ1n) is 8.92. The van der Waals surface area contributed by atoms with Crippen molar-refractivity contribution in [1.29, 1.82) is 0 Å². The third kappa shape index (κ3) is 3.36. The van der Waals surface area contributed by atoms with Gasteiger partial charge >= 0.3 is 5.97 Å². The summed E-state index contributed by atoms with van der Waals surface area (Å²) >= 11 is 0. The monoisotopic (exact) mass is 359 g/mol. The number of pyridine rings is 1. The van der Waals surface area contributed by atoms with Crippen LogP contribution in [0.5, 0.6) is 0 Å². The van der Waals surface area contributed by atoms with Crippen LogP contribution in [0.3, 0.4) is 0 Å². The van der Waals surface area contributed by atoms with Crippen molar-refractivity contribution in [3.63, 3.8) is 0 Å². The molecular weight excluding hydrogens is 334 g/mol. The summed E-state index contributed by atoms with van der Waals surface area (Å²) in [5.74, 6) is 0.0537. The minimum Gasteiger partial charge on any atom is -0.462 e. The van der Waals surface area contributed by atoms with Gasteiger partial charge in [-0.2, -0.15) is 5.10 Å². The van der Waals surface area contributed by atoms with Gasteiger partial charge in [-0.05, 0) is 12.8 Å². The van der Waals surface area contributed by atoms with E-state index in [0.29, 0.717) is 35.9 Å². The van der Waals surface area contributed by atoms with Crippen LogP contribution in [0.25, 0.3) is 11.0 Å². The van der Waals surface area contributed by atoms with Gasteiger partial charge in [0.2, 0.25) is 5.91 Å². The van der Waals surface area contributed by atoms with E-state index < -0.39 is 5.97 Å². The van der Waals surface area contributed by atoms with Crippen LogP contribution in [0.15, 0.2) is 12.4 Å². The lowest BCUT2D eigenvalue weighted by Gasteiger charge is -2.37. The van der Waals surface area contributed by atoms with Gasteiger partial charge < -0.3 is 14.5 Å². The van der Waals surface area contributed by atoms with E-state index in [1.807, 2.05) is 9.80 Å². The van der Waals surface area contributed by atoms with E-state index in [-0.39, 0.29) is 19.1 Å². The molecule has 2 aromatic heterocycles. The molecule has 8 nitrogen and oxygen atoms in total. The van der Waals surface area contributed by atoms with Crippen LogP contribution in [-0.4, -0.2) is 64.3 Å². The van der Waals surface area contributed by atoms with E-state index in [2.05, 4.69) is 23.9 Å². The Hall–Kier alpha value is -2.64. The Balaban J connectivity index is 1.99. The van der Waals surface area contributed by atoms with Gasteiger partial charge in [0, 0.05) is 32.9 Å². The van der Waals surface area contributed by atoms with Crippen molar-refractivity contribution < 1.29 is 14.3 Å². The molecule has 0 bridgehead atoms. The van der Waals surface area contributed by atoms with E-state index in [1.54, 1.807) is 24.9 Å². The summed E-state index contributed by atoms with van der Waals surface area (Å²) in [5, 5.41) is 5.00. The highest BCUT2D eigenvalue weighted by Crippen LogP contribution is 2.31. The first-order chi connectivity index (χ1) is 12.4. The number of aromatic nitrogens is 3. The smallest absolute Gasteiger partial charge is 0.341 e. The van der Waals surface area contributed by atoms with E-state index >= 15 is 0 Å². The number of ether oxygens (including phenoxy) is 1. The lowest BCUT2D eigenvalue weighted by atomic mass is 10.1. The second-order valence-corrected chi connectivity index (χ2v) is 6.90. The number of rotatable bonds is 5. The molecule has 1 aliphatic rings. The van der Waals surface area contributed by atoms with Crippen molar-refractivity contribution in [2.75, 3.05) is 37.7 Å². The molecule has 1 fully saturated rings. The fourth-order valence-corrected chi connectivity index (χ4v) is 3.32. The first kappa shape index (κ1) is 18.2. The van der Waals surface area contributed by atoms with E-state index in [4.69, 9.17) is 4.74 Å². The Morgan fingerprint density at radius 3 is 2.73 bits per heavy atom. The fraction of sp³-hybridized carbons (Fsp3) is 0.556. The average molecular weight is 359 g/mol. The Labute approximate surface area is 152 Å². The molecule has 140 valence electrons. The largest absolute Gasteiger partial charge is 0.462 e.